The molecule has 3 heterocycles. The molecule has 0 radical (unpaired) electrons. The minimum Gasteiger partial charge on any atom is -0.492 e. The highest BCUT2D eigenvalue weighted by atomic mass is 16.6. The molecule has 106 valence electrons. The molecule has 0 bridgehead atoms. The molecule has 1 saturated heterocycles. The Balaban J connectivity index is 1.76. The lowest BCUT2D eigenvalue weighted by atomic mass is 10.2. The van der Waals surface area contributed by atoms with E-state index in [0.29, 0.717) is 11.2 Å². The van der Waals surface area contributed by atoms with Gasteiger partial charge in [-0.25, -0.2) is 9.97 Å². The van der Waals surface area contributed by atoms with Crippen molar-refractivity contribution in [2.24, 2.45) is 0 Å². The molecule has 1 N–H and O–H groups in total. The van der Waals surface area contributed by atoms with E-state index in [2.05, 4.69) is 15.0 Å². The van der Waals surface area contributed by atoms with Crippen molar-refractivity contribution in [3.8, 4) is 5.88 Å². The van der Waals surface area contributed by atoms with Gasteiger partial charge in [0.2, 0.25) is 5.88 Å². The van der Waals surface area contributed by atoms with Crippen molar-refractivity contribution in [3.63, 3.8) is 0 Å². The van der Waals surface area contributed by atoms with Crippen molar-refractivity contribution in [2.75, 3.05) is 6.61 Å². The lowest BCUT2D eigenvalue weighted by Gasteiger charge is -2.14. The summed E-state index contributed by atoms with van der Waals surface area (Å²) in [5.41, 5.74) is 0.871. The minimum atomic E-state index is -0.317. The summed E-state index contributed by atoms with van der Waals surface area (Å²) in [7, 11) is 0. The standard InChI is InChI=1S/C12H14N4O4/c1-7(17)19-4-8-2-3-9(20-8)16-6-15-10-11(16)13-5-14-12(10)18/h5-6,8-9H,2-4H2,1H3,(H,13,14,18)/t8-,9+/m0/s1. The average Bonchev–Trinajstić information content (AvgIpc) is 3.02. The molecule has 0 aliphatic carbocycles. The van der Waals surface area contributed by atoms with Crippen LogP contribution in [-0.4, -0.2) is 43.3 Å². The Bertz CT molecular complexity index is 641. The number of aromatic hydroxyl groups is 1. The van der Waals surface area contributed by atoms with Gasteiger partial charge in [-0.3, -0.25) is 9.36 Å². The Morgan fingerprint density at radius 1 is 1.50 bits per heavy atom. The fraction of sp³-hybridized carbons (Fsp3) is 0.500. The largest absolute Gasteiger partial charge is 0.492 e. The van der Waals surface area contributed by atoms with E-state index >= 15 is 0 Å². The number of hydrogen-bond acceptors (Lipinski definition) is 7. The highest BCUT2D eigenvalue weighted by Gasteiger charge is 2.29. The third-order valence-electron chi connectivity index (χ3n) is 3.21. The summed E-state index contributed by atoms with van der Waals surface area (Å²) < 4.78 is 12.5. The molecule has 2 aromatic heterocycles. The van der Waals surface area contributed by atoms with Crippen molar-refractivity contribution in [1.29, 1.82) is 0 Å². The maximum absolute atomic E-state index is 10.8. The van der Waals surface area contributed by atoms with E-state index in [4.69, 9.17) is 9.47 Å². The summed E-state index contributed by atoms with van der Waals surface area (Å²) in [5, 5.41) is 9.60. The van der Waals surface area contributed by atoms with Crippen LogP contribution in [0.2, 0.25) is 0 Å². The topological polar surface area (TPSA) is 99.4 Å². The van der Waals surface area contributed by atoms with Crippen LogP contribution in [0.15, 0.2) is 12.7 Å². The van der Waals surface area contributed by atoms with E-state index < -0.39 is 0 Å². The zero-order valence-electron chi connectivity index (χ0n) is 10.9. The second kappa shape index (κ2) is 5.04. The molecule has 0 spiro atoms. The van der Waals surface area contributed by atoms with Crippen molar-refractivity contribution in [3.05, 3.63) is 12.7 Å². The lowest BCUT2D eigenvalue weighted by Crippen LogP contribution is -2.18. The van der Waals surface area contributed by atoms with E-state index in [1.54, 1.807) is 10.9 Å². The third kappa shape index (κ3) is 2.29. The molecular weight excluding hydrogens is 264 g/mol. The van der Waals surface area contributed by atoms with Gasteiger partial charge in [-0.2, -0.15) is 4.98 Å². The monoisotopic (exact) mass is 278 g/mol. The molecular formula is C12H14N4O4. The van der Waals surface area contributed by atoms with Crippen LogP contribution in [0.3, 0.4) is 0 Å². The molecule has 8 nitrogen and oxygen atoms in total. The van der Waals surface area contributed by atoms with Crippen molar-refractivity contribution < 1.29 is 19.4 Å². The summed E-state index contributed by atoms with van der Waals surface area (Å²) >= 11 is 0. The second-order valence-corrected chi connectivity index (χ2v) is 4.61. The predicted molar refractivity (Wildman–Crippen MR) is 66.8 cm³/mol. The number of aromatic nitrogens is 4. The van der Waals surface area contributed by atoms with Gasteiger partial charge in [-0.15, -0.1) is 0 Å². The van der Waals surface area contributed by atoms with Gasteiger partial charge in [0, 0.05) is 6.92 Å². The maximum atomic E-state index is 10.8. The van der Waals surface area contributed by atoms with E-state index in [1.165, 1.54) is 13.3 Å². The van der Waals surface area contributed by atoms with Gasteiger partial charge < -0.3 is 14.6 Å². The van der Waals surface area contributed by atoms with Crippen LogP contribution in [0.4, 0.5) is 0 Å². The summed E-state index contributed by atoms with van der Waals surface area (Å²) in [5.74, 6) is -0.467. The fourth-order valence-electron chi connectivity index (χ4n) is 2.27. The predicted octanol–water partition coefficient (Wildman–Crippen LogP) is 0.773. The molecule has 2 atom stereocenters. The highest BCUT2D eigenvalue weighted by Crippen LogP contribution is 2.31. The summed E-state index contributed by atoms with van der Waals surface area (Å²) in [6, 6.07) is 0. The smallest absolute Gasteiger partial charge is 0.302 e. The number of esters is 1. The first-order valence-corrected chi connectivity index (χ1v) is 6.30. The normalized spacial score (nSPS) is 22.2. The number of fused-ring (bicyclic) bond motifs is 1. The average molecular weight is 278 g/mol. The fourth-order valence-corrected chi connectivity index (χ4v) is 2.27. The Morgan fingerprint density at radius 2 is 2.35 bits per heavy atom. The first-order valence-electron chi connectivity index (χ1n) is 6.30. The summed E-state index contributed by atoms with van der Waals surface area (Å²) in [6.07, 6.45) is 4.04. The number of carbonyl (C=O) groups excluding carboxylic acids is 1. The summed E-state index contributed by atoms with van der Waals surface area (Å²) in [4.78, 5) is 22.7. The van der Waals surface area contributed by atoms with E-state index in [-0.39, 0.29) is 30.8 Å². The third-order valence-corrected chi connectivity index (χ3v) is 3.21. The number of rotatable bonds is 3. The first-order chi connectivity index (χ1) is 9.65. The van der Waals surface area contributed by atoms with Gasteiger partial charge in [0.15, 0.2) is 11.2 Å². The lowest BCUT2D eigenvalue weighted by molar-refractivity contribution is -0.145. The Labute approximate surface area is 114 Å². The molecule has 0 unspecified atom stereocenters. The number of ether oxygens (including phenoxy) is 2. The zero-order chi connectivity index (χ0) is 14.1. The number of nitrogens with zero attached hydrogens (tertiary/aromatic N) is 4. The Kier molecular flexibility index (Phi) is 3.23. The molecule has 1 aliphatic heterocycles. The van der Waals surface area contributed by atoms with Crippen LogP contribution in [-0.2, 0) is 14.3 Å². The maximum Gasteiger partial charge on any atom is 0.302 e. The van der Waals surface area contributed by atoms with E-state index in [1.807, 2.05) is 0 Å². The Morgan fingerprint density at radius 3 is 3.15 bits per heavy atom. The molecule has 1 fully saturated rings. The molecule has 0 amide bonds. The van der Waals surface area contributed by atoms with Crippen LogP contribution >= 0.6 is 0 Å². The number of imidazole rings is 1. The van der Waals surface area contributed by atoms with Gasteiger partial charge in [0.05, 0.1) is 12.4 Å². The zero-order valence-corrected chi connectivity index (χ0v) is 10.9. The quantitative estimate of drug-likeness (QED) is 0.828. The Hall–Kier alpha value is -2.22. The first kappa shape index (κ1) is 12.8. The van der Waals surface area contributed by atoms with Crippen LogP contribution in [0.25, 0.3) is 11.2 Å². The van der Waals surface area contributed by atoms with Crippen LogP contribution in [0.1, 0.15) is 26.0 Å². The summed E-state index contributed by atoms with van der Waals surface area (Å²) in [6.45, 7) is 1.62. The van der Waals surface area contributed by atoms with E-state index in [9.17, 15) is 9.90 Å². The van der Waals surface area contributed by atoms with Gasteiger partial charge in [0.1, 0.15) is 19.2 Å². The number of hydrogen-bond donors (Lipinski definition) is 1. The SMILES string of the molecule is CC(=O)OC[C@@H]1CC[C@H](n2cnc3c(O)ncnc32)O1. The van der Waals surface area contributed by atoms with Crippen molar-refractivity contribution in [2.45, 2.75) is 32.1 Å². The van der Waals surface area contributed by atoms with E-state index in [0.717, 1.165) is 12.8 Å². The molecule has 3 rings (SSSR count). The molecule has 0 aromatic carbocycles. The van der Waals surface area contributed by atoms with Crippen LogP contribution < -0.4 is 0 Å². The van der Waals surface area contributed by atoms with Crippen LogP contribution in [0.5, 0.6) is 5.88 Å². The van der Waals surface area contributed by atoms with Gasteiger partial charge in [-0.1, -0.05) is 0 Å². The van der Waals surface area contributed by atoms with Gasteiger partial charge >= 0.3 is 5.97 Å². The molecule has 8 heteroatoms. The molecule has 1 aliphatic rings. The van der Waals surface area contributed by atoms with Gasteiger partial charge in [-0.05, 0) is 12.8 Å². The van der Waals surface area contributed by atoms with Gasteiger partial charge in [0.25, 0.3) is 0 Å². The van der Waals surface area contributed by atoms with Crippen molar-refractivity contribution >= 4 is 17.1 Å². The minimum absolute atomic E-state index is 0.128. The molecule has 0 saturated carbocycles. The molecule has 2 aromatic rings. The number of carbonyl (C=O) groups is 1. The van der Waals surface area contributed by atoms with Crippen molar-refractivity contribution in [1.82, 2.24) is 19.5 Å². The second-order valence-electron chi connectivity index (χ2n) is 4.61. The molecule has 20 heavy (non-hydrogen) atoms. The highest BCUT2D eigenvalue weighted by molar-refractivity contribution is 5.75. The van der Waals surface area contributed by atoms with Crippen LogP contribution in [0, 0.1) is 0 Å².